The van der Waals surface area contributed by atoms with Gasteiger partial charge >= 0.3 is 0 Å². The summed E-state index contributed by atoms with van der Waals surface area (Å²) in [4.78, 5) is 14.1. The van der Waals surface area contributed by atoms with Gasteiger partial charge in [0.05, 0.1) is 5.41 Å². The van der Waals surface area contributed by atoms with Crippen LogP contribution in [0.15, 0.2) is 0 Å². The number of amides is 1. The van der Waals surface area contributed by atoms with Crippen molar-refractivity contribution in [2.45, 2.75) is 19.8 Å². The maximum Gasteiger partial charge on any atom is 0.230 e. The smallest absolute Gasteiger partial charge is 0.230 e. The van der Waals surface area contributed by atoms with Gasteiger partial charge in [0.2, 0.25) is 5.91 Å². The summed E-state index contributed by atoms with van der Waals surface area (Å²) < 4.78 is 0. The van der Waals surface area contributed by atoms with Crippen LogP contribution in [0.4, 0.5) is 0 Å². The first-order chi connectivity index (χ1) is 7.22. The number of aliphatic hydroxyl groups excluding tert-OH is 1. The number of nitrogens with one attached hydrogen (secondary N) is 1. The lowest BCUT2D eigenvalue weighted by molar-refractivity contribution is -0.149. The number of nitrogens with zero attached hydrogens (tertiary/aromatic N) is 1. The highest BCUT2D eigenvalue weighted by atomic mass is 16.3. The van der Waals surface area contributed by atoms with Gasteiger partial charge in [0, 0.05) is 32.2 Å². The summed E-state index contributed by atoms with van der Waals surface area (Å²) in [6.07, 6.45) is 1.88. The molecule has 1 amide bonds. The maximum atomic E-state index is 12.2. The summed E-state index contributed by atoms with van der Waals surface area (Å²) in [5.74, 6) is 0.608. The van der Waals surface area contributed by atoms with E-state index in [2.05, 4.69) is 12.2 Å². The first kappa shape index (κ1) is 10.9. The Morgan fingerprint density at radius 1 is 1.60 bits per heavy atom. The Balaban J connectivity index is 1.95. The van der Waals surface area contributed by atoms with Crippen molar-refractivity contribution in [1.82, 2.24) is 10.2 Å². The molecule has 1 unspecified atom stereocenters. The van der Waals surface area contributed by atoms with E-state index < -0.39 is 0 Å². The summed E-state index contributed by atoms with van der Waals surface area (Å²) in [5, 5.41) is 12.2. The van der Waals surface area contributed by atoms with Crippen molar-refractivity contribution in [3.63, 3.8) is 0 Å². The molecule has 0 aromatic heterocycles. The highest BCUT2D eigenvalue weighted by Gasteiger charge is 2.45. The first-order valence-corrected chi connectivity index (χ1v) is 5.83. The number of hydrogen-bond donors (Lipinski definition) is 2. The number of hydrogen-bond acceptors (Lipinski definition) is 3. The molecule has 0 saturated carbocycles. The fourth-order valence-electron chi connectivity index (χ4n) is 2.57. The molecule has 0 aromatic carbocycles. The molecule has 2 aliphatic heterocycles. The molecule has 4 nitrogen and oxygen atoms in total. The van der Waals surface area contributed by atoms with Gasteiger partial charge in [0.25, 0.3) is 0 Å². The van der Waals surface area contributed by atoms with Crippen molar-refractivity contribution < 1.29 is 9.90 Å². The lowest BCUT2D eigenvalue weighted by Gasteiger charge is -2.43. The van der Waals surface area contributed by atoms with Crippen LogP contribution in [-0.2, 0) is 4.79 Å². The van der Waals surface area contributed by atoms with Crippen LogP contribution in [-0.4, -0.2) is 48.7 Å². The van der Waals surface area contributed by atoms with Crippen molar-refractivity contribution in [3.05, 3.63) is 0 Å². The van der Waals surface area contributed by atoms with Crippen LogP contribution in [0.3, 0.4) is 0 Å². The summed E-state index contributed by atoms with van der Waals surface area (Å²) in [6, 6.07) is 0. The van der Waals surface area contributed by atoms with Gasteiger partial charge in [-0.15, -0.1) is 0 Å². The molecule has 15 heavy (non-hydrogen) atoms. The summed E-state index contributed by atoms with van der Waals surface area (Å²) in [6.45, 7) is 5.57. The molecule has 2 rings (SSSR count). The van der Waals surface area contributed by atoms with E-state index in [0.717, 1.165) is 39.0 Å². The minimum absolute atomic E-state index is 0.152. The summed E-state index contributed by atoms with van der Waals surface area (Å²) in [7, 11) is 0. The van der Waals surface area contributed by atoms with E-state index in [0.29, 0.717) is 11.8 Å². The zero-order valence-corrected chi connectivity index (χ0v) is 9.33. The number of likely N-dealkylation sites (tertiary alicyclic amines) is 1. The Morgan fingerprint density at radius 3 is 2.80 bits per heavy atom. The van der Waals surface area contributed by atoms with E-state index in [-0.39, 0.29) is 12.0 Å². The van der Waals surface area contributed by atoms with Gasteiger partial charge in [-0.05, 0) is 19.4 Å². The Hall–Kier alpha value is -0.610. The Kier molecular flexibility index (Phi) is 2.98. The zero-order valence-electron chi connectivity index (χ0n) is 9.33. The molecular formula is C11H20N2O2. The molecule has 2 heterocycles. The molecule has 86 valence electrons. The van der Waals surface area contributed by atoms with Gasteiger partial charge in [-0.2, -0.15) is 0 Å². The van der Waals surface area contributed by atoms with Gasteiger partial charge < -0.3 is 15.3 Å². The molecular weight excluding hydrogens is 192 g/mol. The van der Waals surface area contributed by atoms with Crippen LogP contribution in [0.25, 0.3) is 0 Å². The molecule has 2 fully saturated rings. The average Bonchev–Trinajstić information content (AvgIpc) is 2.65. The minimum atomic E-state index is -0.152. The normalized spacial score (nSPS) is 31.7. The number of aliphatic hydroxyl groups is 1. The molecule has 0 aromatic rings. The topological polar surface area (TPSA) is 52.6 Å². The summed E-state index contributed by atoms with van der Waals surface area (Å²) in [5.41, 5.74) is -0.152. The summed E-state index contributed by atoms with van der Waals surface area (Å²) >= 11 is 0. The molecule has 1 atom stereocenters. The minimum Gasteiger partial charge on any atom is -0.396 e. The Morgan fingerprint density at radius 2 is 2.33 bits per heavy atom. The third kappa shape index (κ3) is 1.76. The quantitative estimate of drug-likeness (QED) is 0.683. The third-order valence-electron chi connectivity index (χ3n) is 3.88. The van der Waals surface area contributed by atoms with Crippen molar-refractivity contribution in [1.29, 1.82) is 0 Å². The molecule has 0 spiro atoms. The van der Waals surface area contributed by atoms with Gasteiger partial charge in [-0.3, -0.25) is 4.79 Å². The number of carbonyl (C=O) groups is 1. The van der Waals surface area contributed by atoms with Crippen molar-refractivity contribution in [3.8, 4) is 0 Å². The van der Waals surface area contributed by atoms with Gasteiger partial charge in [-0.25, -0.2) is 0 Å². The second-order valence-electron chi connectivity index (χ2n) is 4.82. The van der Waals surface area contributed by atoms with Crippen LogP contribution in [0.5, 0.6) is 0 Å². The molecule has 2 aliphatic rings. The highest BCUT2D eigenvalue weighted by Crippen LogP contribution is 2.34. The van der Waals surface area contributed by atoms with Gasteiger partial charge in [0.15, 0.2) is 0 Å². The second kappa shape index (κ2) is 4.10. The number of carbonyl (C=O) groups excluding carboxylic acids is 1. The van der Waals surface area contributed by atoms with Crippen LogP contribution in [0.2, 0.25) is 0 Å². The van der Waals surface area contributed by atoms with E-state index in [1.54, 1.807) is 0 Å². The van der Waals surface area contributed by atoms with Crippen molar-refractivity contribution in [2.75, 3.05) is 32.8 Å². The van der Waals surface area contributed by atoms with Crippen LogP contribution in [0.1, 0.15) is 19.8 Å². The monoisotopic (exact) mass is 212 g/mol. The fraction of sp³-hybridized carbons (Fsp3) is 0.909. The highest BCUT2D eigenvalue weighted by molar-refractivity contribution is 5.84. The fourth-order valence-corrected chi connectivity index (χ4v) is 2.57. The van der Waals surface area contributed by atoms with Gasteiger partial charge in [-0.1, -0.05) is 6.92 Å². The predicted octanol–water partition coefficient (Wildman–Crippen LogP) is -0.173. The van der Waals surface area contributed by atoms with Crippen LogP contribution in [0, 0.1) is 11.3 Å². The van der Waals surface area contributed by atoms with Crippen LogP contribution < -0.4 is 5.32 Å². The molecule has 4 heteroatoms. The van der Waals surface area contributed by atoms with Gasteiger partial charge in [0.1, 0.15) is 0 Å². The lowest BCUT2D eigenvalue weighted by atomic mass is 9.81. The molecule has 2 N–H and O–H groups in total. The zero-order chi connectivity index (χ0) is 10.9. The first-order valence-electron chi connectivity index (χ1n) is 5.83. The average molecular weight is 212 g/mol. The van der Waals surface area contributed by atoms with Crippen molar-refractivity contribution >= 4 is 5.91 Å². The van der Waals surface area contributed by atoms with Crippen molar-refractivity contribution in [2.24, 2.45) is 11.3 Å². The standard InChI is InChI=1S/C11H20N2O2/c1-2-11(3-4-12-8-11)10(15)13-5-9(6-13)7-14/h9,12,14H,2-8H2,1H3. The van der Waals surface area contributed by atoms with E-state index in [1.165, 1.54) is 0 Å². The van der Waals surface area contributed by atoms with E-state index in [4.69, 9.17) is 5.11 Å². The molecule has 0 bridgehead atoms. The SMILES string of the molecule is CCC1(C(=O)N2CC(CO)C2)CCNC1. The molecule has 0 radical (unpaired) electrons. The molecule has 2 saturated heterocycles. The number of rotatable bonds is 3. The van der Waals surface area contributed by atoms with E-state index >= 15 is 0 Å². The molecule has 0 aliphatic carbocycles. The second-order valence-corrected chi connectivity index (χ2v) is 4.82. The Bertz CT molecular complexity index is 243. The largest absolute Gasteiger partial charge is 0.396 e. The lowest BCUT2D eigenvalue weighted by Crippen LogP contribution is -2.56. The Labute approximate surface area is 90.6 Å². The third-order valence-corrected chi connectivity index (χ3v) is 3.88. The maximum absolute atomic E-state index is 12.2. The van der Waals surface area contributed by atoms with E-state index in [9.17, 15) is 4.79 Å². The van der Waals surface area contributed by atoms with E-state index in [1.807, 2.05) is 4.90 Å². The predicted molar refractivity (Wildman–Crippen MR) is 57.4 cm³/mol. The van der Waals surface area contributed by atoms with Crippen LogP contribution >= 0.6 is 0 Å².